The van der Waals surface area contributed by atoms with Gasteiger partial charge in [-0.15, -0.1) is 0 Å². The molecule has 0 fully saturated rings. The van der Waals surface area contributed by atoms with E-state index in [9.17, 15) is 0 Å². The molecule has 0 saturated carbocycles. The highest BCUT2D eigenvalue weighted by molar-refractivity contribution is 5.87. The van der Waals surface area contributed by atoms with Crippen molar-refractivity contribution in [3.05, 3.63) is 35.9 Å². The van der Waals surface area contributed by atoms with Crippen LogP contribution in [0.3, 0.4) is 0 Å². The number of hydrogen-bond donors (Lipinski definition) is 0. The molecule has 0 bridgehead atoms. The fraction of sp³-hybridized carbons (Fsp3) is 0.357. The Morgan fingerprint density at radius 1 is 1.33 bits per heavy atom. The second-order valence-electron chi connectivity index (χ2n) is 3.99. The summed E-state index contributed by atoms with van der Waals surface area (Å²) in [5, 5.41) is 17.8. The first-order chi connectivity index (χ1) is 8.69. The SMILES string of the molecule is CC(C#N)C(=NCCc1ccccc1)N(C)C#N. The van der Waals surface area contributed by atoms with Gasteiger partial charge in [0, 0.05) is 13.6 Å². The molecule has 0 aliphatic rings. The lowest BCUT2D eigenvalue weighted by Crippen LogP contribution is -2.27. The van der Waals surface area contributed by atoms with Crippen molar-refractivity contribution < 1.29 is 0 Å². The van der Waals surface area contributed by atoms with E-state index >= 15 is 0 Å². The summed E-state index contributed by atoms with van der Waals surface area (Å²) < 4.78 is 0. The minimum atomic E-state index is -0.370. The van der Waals surface area contributed by atoms with Gasteiger partial charge in [0.25, 0.3) is 0 Å². The Morgan fingerprint density at radius 2 is 2.00 bits per heavy atom. The average Bonchev–Trinajstić information content (AvgIpc) is 2.43. The predicted octanol–water partition coefficient (Wildman–Crippen LogP) is 2.20. The topological polar surface area (TPSA) is 63.2 Å². The van der Waals surface area contributed by atoms with E-state index in [-0.39, 0.29) is 5.92 Å². The maximum Gasteiger partial charge on any atom is 0.185 e. The van der Waals surface area contributed by atoms with Gasteiger partial charge in [-0.1, -0.05) is 30.3 Å². The number of amidine groups is 1. The van der Waals surface area contributed by atoms with Crippen molar-refractivity contribution >= 4 is 5.84 Å². The molecule has 1 rings (SSSR count). The average molecular weight is 240 g/mol. The molecule has 0 spiro atoms. The molecule has 0 aromatic heterocycles. The maximum absolute atomic E-state index is 8.90. The molecule has 0 amide bonds. The number of benzene rings is 1. The van der Waals surface area contributed by atoms with E-state index in [2.05, 4.69) is 11.1 Å². The highest BCUT2D eigenvalue weighted by Gasteiger charge is 2.13. The molecule has 0 radical (unpaired) electrons. The van der Waals surface area contributed by atoms with E-state index < -0.39 is 0 Å². The molecule has 92 valence electrons. The lowest BCUT2D eigenvalue weighted by Gasteiger charge is -2.14. The molecule has 18 heavy (non-hydrogen) atoms. The van der Waals surface area contributed by atoms with Crippen LogP contribution in [0, 0.1) is 28.7 Å². The Kier molecular flexibility index (Phi) is 5.41. The van der Waals surface area contributed by atoms with Crippen LogP contribution < -0.4 is 0 Å². The van der Waals surface area contributed by atoms with Crippen molar-refractivity contribution in [2.24, 2.45) is 10.9 Å². The van der Waals surface area contributed by atoms with Crippen LogP contribution >= 0.6 is 0 Å². The summed E-state index contributed by atoms with van der Waals surface area (Å²) in [6.45, 7) is 2.33. The van der Waals surface area contributed by atoms with E-state index in [0.717, 1.165) is 6.42 Å². The first kappa shape index (κ1) is 13.7. The van der Waals surface area contributed by atoms with Gasteiger partial charge in [-0.05, 0) is 18.9 Å². The van der Waals surface area contributed by atoms with Crippen LogP contribution in [0.25, 0.3) is 0 Å². The van der Waals surface area contributed by atoms with Crippen molar-refractivity contribution in [1.82, 2.24) is 4.90 Å². The maximum atomic E-state index is 8.90. The fourth-order valence-electron chi connectivity index (χ4n) is 1.59. The molecule has 1 atom stereocenters. The van der Waals surface area contributed by atoms with E-state index in [1.807, 2.05) is 36.5 Å². The highest BCUT2D eigenvalue weighted by atomic mass is 15.2. The van der Waals surface area contributed by atoms with Gasteiger partial charge in [0.1, 0.15) is 11.8 Å². The molecule has 4 heteroatoms. The van der Waals surface area contributed by atoms with Gasteiger partial charge in [-0.3, -0.25) is 9.89 Å². The smallest absolute Gasteiger partial charge is 0.185 e. The van der Waals surface area contributed by atoms with Crippen molar-refractivity contribution in [3.63, 3.8) is 0 Å². The summed E-state index contributed by atoms with van der Waals surface area (Å²) in [7, 11) is 1.62. The number of nitrogens with zero attached hydrogens (tertiary/aromatic N) is 4. The largest absolute Gasteiger partial charge is 0.270 e. The zero-order chi connectivity index (χ0) is 13.4. The molecule has 1 aromatic rings. The number of aliphatic imine (C=N–C) groups is 1. The van der Waals surface area contributed by atoms with Gasteiger partial charge in [0.2, 0.25) is 0 Å². The van der Waals surface area contributed by atoms with Crippen LogP contribution in [0.1, 0.15) is 12.5 Å². The lowest BCUT2D eigenvalue weighted by molar-refractivity contribution is 0.657. The van der Waals surface area contributed by atoms with Crippen LogP contribution in [0.15, 0.2) is 35.3 Å². The highest BCUT2D eigenvalue weighted by Crippen LogP contribution is 2.04. The van der Waals surface area contributed by atoms with Crippen molar-refractivity contribution in [2.75, 3.05) is 13.6 Å². The van der Waals surface area contributed by atoms with Crippen LogP contribution in [0.2, 0.25) is 0 Å². The van der Waals surface area contributed by atoms with Crippen LogP contribution in [-0.4, -0.2) is 24.3 Å². The van der Waals surface area contributed by atoms with Gasteiger partial charge in [0.15, 0.2) is 6.19 Å². The van der Waals surface area contributed by atoms with Gasteiger partial charge >= 0.3 is 0 Å². The zero-order valence-electron chi connectivity index (χ0n) is 10.7. The monoisotopic (exact) mass is 240 g/mol. The Morgan fingerprint density at radius 3 is 2.56 bits per heavy atom. The normalized spacial score (nSPS) is 12.3. The van der Waals surface area contributed by atoms with Crippen LogP contribution in [-0.2, 0) is 6.42 Å². The Bertz CT molecular complexity index is 457. The molecule has 0 aliphatic heterocycles. The summed E-state index contributed by atoms with van der Waals surface area (Å²) in [5.41, 5.74) is 1.20. The fourth-order valence-corrected chi connectivity index (χ4v) is 1.59. The zero-order valence-corrected chi connectivity index (χ0v) is 10.7. The molecule has 0 N–H and O–H groups in total. The molecule has 0 aliphatic carbocycles. The molecular weight excluding hydrogens is 224 g/mol. The third-order valence-electron chi connectivity index (χ3n) is 2.59. The van der Waals surface area contributed by atoms with Crippen molar-refractivity contribution in [3.8, 4) is 12.3 Å². The summed E-state index contributed by atoms with van der Waals surface area (Å²) in [4.78, 5) is 5.70. The second kappa shape index (κ2) is 7.09. The molecule has 4 nitrogen and oxygen atoms in total. The molecule has 0 saturated heterocycles. The molecule has 1 aromatic carbocycles. The minimum absolute atomic E-state index is 0.370. The quantitative estimate of drug-likeness (QED) is 0.351. The number of hydrogen-bond acceptors (Lipinski definition) is 3. The number of rotatable bonds is 4. The summed E-state index contributed by atoms with van der Waals surface area (Å²) >= 11 is 0. The van der Waals surface area contributed by atoms with Crippen LogP contribution in [0.4, 0.5) is 0 Å². The second-order valence-corrected chi connectivity index (χ2v) is 3.99. The third-order valence-corrected chi connectivity index (χ3v) is 2.59. The molecular formula is C14H16N4. The Balaban J connectivity index is 2.68. The third kappa shape index (κ3) is 3.92. The van der Waals surface area contributed by atoms with E-state index in [1.54, 1.807) is 14.0 Å². The summed E-state index contributed by atoms with van der Waals surface area (Å²) in [6, 6.07) is 12.1. The van der Waals surface area contributed by atoms with Crippen LogP contribution in [0.5, 0.6) is 0 Å². The van der Waals surface area contributed by atoms with Gasteiger partial charge in [-0.2, -0.15) is 10.5 Å². The number of nitriles is 2. The van der Waals surface area contributed by atoms with Crippen molar-refractivity contribution in [2.45, 2.75) is 13.3 Å². The predicted molar refractivity (Wildman–Crippen MR) is 70.6 cm³/mol. The summed E-state index contributed by atoms with van der Waals surface area (Å²) in [6.07, 6.45) is 2.79. The minimum Gasteiger partial charge on any atom is -0.270 e. The first-order valence-corrected chi connectivity index (χ1v) is 5.80. The van der Waals surface area contributed by atoms with Gasteiger partial charge in [0.05, 0.1) is 6.07 Å². The lowest BCUT2D eigenvalue weighted by atomic mass is 10.1. The van der Waals surface area contributed by atoms with E-state index in [0.29, 0.717) is 12.4 Å². The van der Waals surface area contributed by atoms with Gasteiger partial charge < -0.3 is 0 Å². The Hall–Kier alpha value is -2.33. The molecule has 0 heterocycles. The summed E-state index contributed by atoms with van der Waals surface area (Å²) in [5.74, 6) is 0.154. The van der Waals surface area contributed by atoms with Crippen molar-refractivity contribution in [1.29, 1.82) is 10.5 Å². The van der Waals surface area contributed by atoms with E-state index in [4.69, 9.17) is 10.5 Å². The Labute approximate surface area is 108 Å². The standard InChI is InChI=1S/C14H16N4/c1-12(10-15)14(18(2)11-16)17-9-8-13-6-4-3-5-7-13/h3-7,12H,8-9H2,1-2H3. The van der Waals surface area contributed by atoms with E-state index in [1.165, 1.54) is 10.5 Å². The molecule has 1 unspecified atom stereocenters. The first-order valence-electron chi connectivity index (χ1n) is 5.80. The van der Waals surface area contributed by atoms with Gasteiger partial charge in [-0.25, -0.2) is 0 Å².